The van der Waals surface area contributed by atoms with Gasteiger partial charge in [-0.25, -0.2) is 21.2 Å². The molecule has 1 atom stereocenters. The predicted octanol–water partition coefficient (Wildman–Crippen LogP) is 0.633. The topological polar surface area (TPSA) is 71.5 Å². The Balaban J connectivity index is 2.27. The van der Waals surface area contributed by atoms with Crippen LogP contribution in [0.4, 0.5) is 4.39 Å². The highest BCUT2D eigenvalue weighted by molar-refractivity contribution is 7.92. The fourth-order valence-electron chi connectivity index (χ4n) is 2.03. The number of nitrogens with zero attached hydrogens (tertiary/aromatic N) is 1. The van der Waals surface area contributed by atoms with Crippen molar-refractivity contribution >= 4 is 19.9 Å². The number of halogens is 1. The molecular formula is C11H14FNO4S2. The van der Waals surface area contributed by atoms with Gasteiger partial charge in [-0.3, -0.25) is 0 Å². The van der Waals surface area contributed by atoms with E-state index in [1.54, 1.807) is 0 Å². The molecule has 0 aliphatic carbocycles. The van der Waals surface area contributed by atoms with Crippen LogP contribution in [0.25, 0.3) is 0 Å². The second-order valence-electron chi connectivity index (χ2n) is 4.53. The summed E-state index contributed by atoms with van der Waals surface area (Å²) in [6, 6.07) is 3.91. The first-order valence-corrected chi connectivity index (χ1v) is 8.92. The van der Waals surface area contributed by atoms with E-state index in [4.69, 9.17) is 0 Å². The lowest BCUT2D eigenvalue weighted by Crippen LogP contribution is -2.37. The van der Waals surface area contributed by atoms with Crippen molar-refractivity contribution in [3.05, 3.63) is 30.1 Å². The Kier molecular flexibility index (Phi) is 3.67. The third kappa shape index (κ3) is 2.96. The van der Waals surface area contributed by atoms with E-state index >= 15 is 0 Å². The summed E-state index contributed by atoms with van der Waals surface area (Å²) < 4.78 is 61.1. The molecule has 1 fully saturated rings. The maximum Gasteiger partial charge on any atom is 0.243 e. The Morgan fingerprint density at radius 3 is 2.32 bits per heavy atom. The molecule has 1 unspecified atom stereocenters. The molecule has 0 bridgehead atoms. The van der Waals surface area contributed by atoms with Crippen LogP contribution < -0.4 is 0 Å². The van der Waals surface area contributed by atoms with Gasteiger partial charge in [-0.1, -0.05) is 0 Å². The highest BCUT2D eigenvalue weighted by Crippen LogP contribution is 2.23. The fourth-order valence-corrected chi connectivity index (χ4v) is 5.28. The van der Waals surface area contributed by atoms with Crippen LogP contribution in [0.2, 0.25) is 0 Å². The minimum absolute atomic E-state index is 0.000937. The van der Waals surface area contributed by atoms with Crippen molar-refractivity contribution < 1.29 is 21.2 Å². The summed E-state index contributed by atoms with van der Waals surface area (Å²) in [6.07, 6.45) is 0.291. The molecule has 1 saturated heterocycles. The average molecular weight is 307 g/mol. The molecule has 1 heterocycles. The Morgan fingerprint density at radius 2 is 1.84 bits per heavy atom. The number of benzene rings is 1. The fraction of sp³-hybridized carbons (Fsp3) is 0.455. The second kappa shape index (κ2) is 4.84. The molecule has 0 radical (unpaired) electrons. The van der Waals surface area contributed by atoms with E-state index in [-0.39, 0.29) is 16.4 Å². The highest BCUT2D eigenvalue weighted by Gasteiger charge is 2.36. The number of sulfonamides is 1. The van der Waals surface area contributed by atoms with Crippen LogP contribution in [-0.2, 0) is 19.9 Å². The first-order chi connectivity index (χ1) is 8.72. The van der Waals surface area contributed by atoms with E-state index in [2.05, 4.69) is 0 Å². The Morgan fingerprint density at radius 1 is 1.26 bits per heavy atom. The van der Waals surface area contributed by atoms with Crippen LogP contribution >= 0.6 is 0 Å². The van der Waals surface area contributed by atoms with Gasteiger partial charge in [-0.15, -0.1) is 0 Å². The van der Waals surface area contributed by atoms with Crippen LogP contribution in [0.15, 0.2) is 29.2 Å². The third-order valence-electron chi connectivity index (χ3n) is 3.21. The maximum absolute atomic E-state index is 12.8. The molecule has 0 aromatic heterocycles. The SMILES string of the molecule is CN(C1CCS(=O)(=O)C1)S(=O)(=O)c1ccc(F)cc1. The molecule has 106 valence electrons. The lowest BCUT2D eigenvalue weighted by atomic mass is 10.3. The summed E-state index contributed by atoms with van der Waals surface area (Å²) >= 11 is 0. The van der Waals surface area contributed by atoms with E-state index in [1.807, 2.05) is 0 Å². The van der Waals surface area contributed by atoms with Crippen molar-refractivity contribution in [1.29, 1.82) is 0 Å². The molecule has 0 N–H and O–H groups in total. The molecule has 0 amide bonds. The first-order valence-electron chi connectivity index (χ1n) is 5.66. The van der Waals surface area contributed by atoms with Crippen LogP contribution in [-0.4, -0.2) is 45.7 Å². The van der Waals surface area contributed by atoms with Gasteiger partial charge in [0, 0.05) is 13.1 Å². The Bertz CT molecular complexity index is 667. The summed E-state index contributed by atoms with van der Waals surface area (Å²) in [5, 5.41) is 0. The van der Waals surface area contributed by atoms with Crippen molar-refractivity contribution in [1.82, 2.24) is 4.31 Å². The van der Waals surface area contributed by atoms with E-state index in [0.29, 0.717) is 6.42 Å². The predicted molar refractivity (Wildman–Crippen MR) is 68.4 cm³/mol. The zero-order chi connectivity index (χ0) is 14.3. The summed E-state index contributed by atoms with van der Waals surface area (Å²) in [5.74, 6) is -0.685. The summed E-state index contributed by atoms with van der Waals surface area (Å²) in [4.78, 5) is -0.0410. The van der Waals surface area contributed by atoms with Gasteiger partial charge in [-0.05, 0) is 30.7 Å². The monoisotopic (exact) mass is 307 g/mol. The highest BCUT2D eigenvalue weighted by atomic mass is 32.2. The minimum atomic E-state index is -3.79. The normalized spacial score (nSPS) is 22.8. The van der Waals surface area contributed by atoms with E-state index in [0.717, 1.165) is 16.4 Å². The van der Waals surface area contributed by atoms with Crippen LogP contribution in [0, 0.1) is 5.82 Å². The van der Waals surface area contributed by atoms with Gasteiger partial charge >= 0.3 is 0 Å². The number of hydrogen-bond acceptors (Lipinski definition) is 4. The van der Waals surface area contributed by atoms with Gasteiger partial charge in [0.05, 0.1) is 16.4 Å². The second-order valence-corrected chi connectivity index (χ2v) is 8.76. The molecule has 5 nitrogen and oxygen atoms in total. The molecule has 1 aromatic rings. The number of sulfone groups is 1. The minimum Gasteiger partial charge on any atom is -0.229 e. The average Bonchev–Trinajstić information content (AvgIpc) is 2.69. The molecule has 0 spiro atoms. The van der Waals surface area contributed by atoms with E-state index in [1.165, 1.54) is 19.2 Å². The summed E-state index contributed by atoms with van der Waals surface area (Å²) in [6.45, 7) is 0. The first kappa shape index (κ1) is 14.4. The Hall–Kier alpha value is -0.990. The number of hydrogen-bond donors (Lipinski definition) is 0. The zero-order valence-corrected chi connectivity index (χ0v) is 11.9. The van der Waals surface area contributed by atoms with Crippen LogP contribution in [0.3, 0.4) is 0 Å². The Labute approximate surface area is 112 Å². The lowest BCUT2D eigenvalue weighted by molar-refractivity contribution is 0.394. The van der Waals surface area contributed by atoms with Crippen molar-refractivity contribution in [3.63, 3.8) is 0 Å². The largest absolute Gasteiger partial charge is 0.243 e. The van der Waals surface area contributed by atoms with Crippen molar-refractivity contribution in [3.8, 4) is 0 Å². The number of rotatable bonds is 3. The molecule has 2 rings (SSSR count). The van der Waals surface area contributed by atoms with Crippen LogP contribution in [0.1, 0.15) is 6.42 Å². The molecule has 1 aliphatic rings. The summed E-state index contributed by atoms with van der Waals surface area (Å²) in [7, 11) is -5.59. The smallest absolute Gasteiger partial charge is 0.229 e. The molecule has 1 aromatic carbocycles. The van der Waals surface area contributed by atoms with Gasteiger partial charge in [0.2, 0.25) is 10.0 Å². The molecule has 0 saturated carbocycles. The standard InChI is InChI=1S/C11H14FNO4S2/c1-13(10-6-7-18(14,15)8-10)19(16,17)11-4-2-9(12)3-5-11/h2-5,10H,6-8H2,1H3. The van der Waals surface area contributed by atoms with Crippen molar-refractivity contribution in [2.75, 3.05) is 18.6 Å². The lowest BCUT2D eigenvalue weighted by Gasteiger charge is -2.22. The van der Waals surface area contributed by atoms with Gasteiger partial charge in [-0.2, -0.15) is 4.31 Å². The van der Waals surface area contributed by atoms with Gasteiger partial charge in [0.1, 0.15) is 5.82 Å². The van der Waals surface area contributed by atoms with E-state index in [9.17, 15) is 21.2 Å². The quantitative estimate of drug-likeness (QED) is 0.821. The van der Waals surface area contributed by atoms with Gasteiger partial charge < -0.3 is 0 Å². The van der Waals surface area contributed by atoms with Crippen molar-refractivity contribution in [2.24, 2.45) is 0 Å². The zero-order valence-electron chi connectivity index (χ0n) is 10.3. The molecular weight excluding hydrogens is 293 g/mol. The summed E-state index contributed by atoms with van der Waals surface area (Å²) in [5.41, 5.74) is 0. The van der Waals surface area contributed by atoms with E-state index < -0.39 is 31.7 Å². The molecule has 8 heteroatoms. The third-order valence-corrected chi connectivity index (χ3v) is 6.89. The van der Waals surface area contributed by atoms with Gasteiger partial charge in [0.25, 0.3) is 0 Å². The molecule has 1 aliphatic heterocycles. The van der Waals surface area contributed by atoms with Crippen LogP contribution in [0.5, 0.6) is 0 Å². The van der Waals surface area contributed by atoms with Crippen molar-refractivity contribution in [2.45, 2.75) is 17.4 Å². The maximum atomic E-state index is 12.8. The van der Waals surface area contributed by atoms with Gasteiger partial charge in [0.15, 0.2) is 9.84 Å². The molecule has 19 heavy (non-hydrogen) atoms.